The average Bonchev–Trinajstić information content (AvgIpc) is 3.29. The Balaban J connectivity index is 0.000000505. The highest BCUT2D eigenvalue weighted by atomic mass is 19.4. The topological polar surface area (TPSA) is 112 Å². The van der Waals surface area contributed by atoms with Crippen molar-refractivity contribution in [2.24, 2.45) is 0 Å². The van der Waals surface area contributed by atoms with E-state index in [1.54, 1.807) is 25.2 Å². The van der Waals surface area contributed by atoms with Gasteiger partial charge >= 0.3 is 18.2 Å². The second-order valence-electron chi connectivity index (χ2n) is 10.2. The van der Waals surface area contributed by atoms with Gasteiger partial charge in [-0.3, -0.25) is 14.5 Å². The molecule has 4 heterocycles. The van der Waals surface area contributed by atoms with Crippen molar-refractivity contribution in [2.75, 3.05) is 33.7 Å². The third-order valence-electron chi connectivity index (χ3n) is 6.73. The van der Waals surface area contributed by atoms with E-state index < -0.39 is 12.1 Å². The number of carbonyl (C=O) groups excluding carboxylic acids is 2. The number of rotatable bonds is 2. The number of carboxylic acids is 1. The number of amides is 3. The zero-order chi connectivity index (χ0) is 28.4. The first-order valence-corrected chi connectivity index (χ1v) is 12.2. The van der Waals surface area contributed by atoms with Gasteiger partial charge in [0.1, 0.15) is 5.69 Å². The molecule has 38 heavy (non-hydrogen) atoms. The quantitative estimate of drug-likeness (QED) is 0.627. The fraction of sp³-hybridized carbons (Fsp3) is 0.560. The molecule has 1 spiro atoms. The van der Waals surface area contributed by atoms with E-state index >= 15 is 0 Å². The SMILES string of the molecule is Cc1ccnc(C(=O)N2Cc3cn(C(C)C)nc3C3(CCN(C(=O)N(C)C)CC3)C2)c1.O=C(O)C(F)(F)F. The minimum atomic E-state index is -5.08. The predicted octanol–water partition coefficient (Wildman–Crippen LogP) is 3.47. The molecule has 0 atom stereocenters. The number of carbonyl (C=O) groups is 3. The fourth-order valence-electron chi connectivity index (χ4n) is 4.72. The average molecular weight is 539 g/mol. The largest absolute Gasteiger partial charge is 0.490 e. The number of alkyl halides is 3. The van der Waals surface area contributed by atoms with Crippen molar-refractivity contribution in [3.63, 3.8) is 0 Å². The molecule has 2 aromatic rings. The van der Waals surface area contributed by atoms with Crippen LogP contribution in [0.25, 0.3) is 0 Å². The first kappa shape index (κ1) is 28.9. The zero-order valence-corrected chi connectivity index (χ0v) is 22.1. The highest BCUT2D eigenvalue weighted by Crippen LogP contribution is 2.42. The lowest BCUT2D eigenvalue weighted by atomic mass is 9.72. The molecule has 0 aromatic carbocycles. The van der Waals surface area contributed by atoms with Gasteiger partial charge in [0.25, 0.3) is 5.91 Å². The third kappa shape index (κ3) is 6.25. The lowest BCUT2D eigenvalue weighted by Crippen LogP contribution is -2.55. The fourth-order valence-corrected chi connectivity index (χ4v) is 4.72. The second kappa shape index (κ2) is 11.0. The summed E-state index contributed by atoms with van der Waals surface area (Å²) in [5.74, 6) is -2.80. The molecule has 1 fully saturated rings. The number of urea groups is 1. The maximum Gasteiger partial charge on any atom is 0.490 e. The Morgan fingerprint density at radius 3 is 2.24 bits per heavy atom. The number of pyridine rings is 1. The van der Waals surface area contributed by atoms with Crippen molar-refractivity contribution in [3.8, 4) is 0 Å². The highest BCUT2D eigenvalue weighted by molar-refractivity contribution is 5.92. The van der Waals surface area contributed by atoms with E-state index in [1.165, 1.54) is 0 Å². The Labute approximate surface area is 219 Å². The van der Waals surface area contributed by atoms with Crippen LogP contribution in [0.15, 0.2) is 24.5 Å². The van der Waals surface area contributed by atoms with Crippen LogP contribution in [0.2, 0.25) is 0 Å². The Morgan fingerprint density at radius 1 is 1.13 bits per heavy atom. The molecule has 10 nitrogen and oxygen atoms in total. The molecule has 0 saturated carbocycles. The first-order chi connectivity index (χ1) is 17.6. The van der Waals surface area contributed by atoms with Gasteiger partial charge in [0.2, 0.25) is 0 Å². The maximum absolute atomic E-state index is 13.4. The summed E-state index contributed by atoms with van der Waals surface area (Å²) in [6, 6.07) is 4.04. The number of nitrogens with zero attached hydrogens (tertiary/aromatic N) is 6. The van der Waals surface area contributed by atoms with E-state index in [4.69, 9.17) is 15.0 Å². The van der Waals surface area contributed by atoms with Gasteiger partial charge in [-0.1, -0.05) is 0 Å². The van der Waals surface area contributed by atoms with Gasteiger partial charge in [0.05, 0.1) is 5.69 Å². The number of halogens is 3. The number of hydrogen-bond donors (Lipinski definition) is 1. The summed E-state index contributed by atoms with van der Waals surface area (Å²) in [5, 5.41) is 12.1. The molecule has 208 valence electrons. The molecular weight excluding hydrogens is 505 g/mol. The van der Waals surface area contributed by atoms with Crippen LogP contribution in [-0.2, 0) is 16.8 Å². The van der Waals surface area contributed by atoms with Crippen molar-refractivity contribution in [3.05, 3.63) is 47.0 Å². The summed E-state index contributed by atoms with van der Waals surface area (Å²) in [7, 11) is 3.57. The number of hydrogen-bond acceptors (Lipinski definition) is 5. The van der Waals surface area contributed by atoms with Gasteiger partial charge in [0.15, 0.2) is 0 Å². The number of aromatic nitrogens is 3. The summed E-state index contributed by atoms with van der Waals surface area (Å²) < 4.78 is 33.7. The summed E-state index contributed by atoms with van der Waals surface area (Å²) in [4.78, 5) is 44.5. The molecule has 1 N–H and O–H groups in total. The molecule has 0 bridgehead atoms. The number of carboxylic acid groups (broad SMARTS) is 1. The summed E-state index contributed by atoms with van der Waals surface area (Å²) in [5.41, 5.74) is 3.47. The summed E-state index contributed by atoms with van der Waals surface area (Å²) in [6.07, 6.45) is 0.275. The minimum Gasteiger partial charge on any atom is -0.475 e. The number of likely N-dealkylation sites (tertiary alicyclic amines) is 1. The van der Waals surface area contributed by atoms with Crippen LogP contribution in [0.5, 0.6) is 0 Å². The Bertz CT molecular complexity index is 1190. The van der Waals surface area contributed by atoms with Gasteiger partial charge < -0.3 is 19.8 Å². The van der Waals surface area contributed by atoms with Crippen LogP contribution in [0, 0.1) is 6.92 Å². The number of aryl methyl sites for hydroxylation is 1. The predicted molar refractivity (Wildman–Crippen MR) is 132 cm³/mol. The normalized spacial score (nSPS) is 16.6. The van der Waals surface area contributed by atoms with Crippen LogP contribution in [0.1, 0.15) is 60.0 Å². The van der Waals surface area contributed by atoms with E-state index in [1.807, 2.05) is 33.5 Å². The molecule has 3 amide bonds. The third-order valence-corrected chi connectivity index (χ3v) is 6.73. The molecule has 0 aliphatic carbocycles. The van der Waals surface area contributed by atoms with E-state index in [0.717, 1.165) is 29.7 Å². The summed E-state index contributed by atoms with van der Waals surface area (Å²) in [6.45, 7) is 8.67. The van der Waals surface area contributed by atoms with Gasteiger partial charge in [-0.05, 0) is 51.3 Å². The minimum absolute atomic E-state index is 0.0375. The van der Waals surface area contributed by atoms with Gasteiger partial charge in [-0.25, -0.2) is 9.59 Å². The van der Waals surface area contributed by atoms with Crippen molar-refractivity contribution >= 4 is 17.9 Å². The van der Waals surface area contributed by atoms with Crippen LogP contribution in [-0.4, -0.2) is 92.4 Å². The van der Waals surface area contributed by atoms with Gasteiger partial charge in [-0.15, -0.1) is 0 Å². The van der Waals surface area contributed by atoms with E-state index in [9.17, 15) is 22.8 Å². The van der Waals surface area contributed by atoms with Crippen LogP contribution in [0.3, 0.4) is 0 Å². The van der Waals surface area contributed by atoms with Gasteiger partial charge in [-0.2, -0.15) is 18.3 Å². The Hall–Kier alpha value is -3.64. The monoisotopic (exact) mass is 538 g/mol. The number of fused-ring (bicyclic) bond motifs is 2. The Morgan fingerprint density at radius 2 is 1.74 bits per heavy atom. The highest BCUT2D eigenvalue weighted by Gasteiger charge is 2.46. The number of piperidine rings is 1. The second-order valence-corrected chi connectivity index (χ2v) is 10.2. The molecule has 2 aliphatic rings. The maximum atomic E-state index is 13.4. The molecular formula is C25H33F3N6O4. The molecule has 2 aromatic heterocycles. The van der Waals surface area contributed by atoms with E-state index in [0.29, 0.717) is 31.9 Å². The Kier molecular flexibility index (Phi) is 8.37. The van der Waals surface area contributed by atoms with E-state index in [2.05, 4.69) is 25.0 Å². The van der Waals surface area contributed by atoms with Crippen molar-refractivity contribution < 1.29 is 32.7 Å². The molecule has 1 saturated heterocycles. The number of aliphatic carboxylic acids is 1. The smallest absolute Gasteiger partial charge is 0.475 e. The van der Waals surface area contributed by atoms with E-state index in [-0.39, 0.29) is 23.4 Å². The lowest BCUT2D eigenvalue weighted by Gasteiger charge is -2.46. The molecule has 4 rings (SSSR count). The molecule has 0 unspecified atom stereocenters. The zero-order valence-electron chi connectivity index (χ0n) is 22.1. The van der Waals surface area contributed by atoms with Crippen molar-refractivity contribution in [2.45, 2.75) is 57.8 Å². The van der Waals surface area contributed by atoms with Gasteiger partial charge in [0, 0.05) is 69.7 Å². The van der Waals surface area contributed by atoms with Crippen molar-refractivity contribution in [1.82, 2.24) is 29.5 Å². The van der Waals surface area contributed by atoms with Crippen LogP contribution in [0.4, 0.5) is 18.0 Å². The lowest BCUT2D eigenvalue weighted by molar-refractivity contribution is -0.192. The molecule has 2 aliphatic heterocycles. The standard InChI is InChI=1S/C23H32N6O2.C2HF3O2/c1-16(2)29-14-18-13-28(21(30)19-12-17(3)6-9-24-19)15-23(20(18)25-29)7-10-27(11-8-23)22(31)26(4)5;3-2(4,5)1(6)7/h6,9,12,14,16H,7-8,10-11,13,15H2,1-5H3;(H,6,7). The molecule has 0 radical (unpaired) electrons. The first-order valence-electron chi connectivity index (χ1n) is 12.2. The molecule has 13 heteroatoms. The van der Waals surface area contributed by atoms with Crippen molar-refractivity contribution in [1.29, 1.82) is 0 Å². The van der Waals surface area contributed by atoms with Crippen LogP contribution >= 0.6 is 0 Å². The summed E-state index contributed by atoms with van der Waals surface area (Å²) >= 11 is 0. The van der Waals surface area contributed by atoms with Crippen LogP contribution < -0.4 is 0 Å².